The number of carboxylic acids is 1. The van der Waals surface area contributed by atoms with Gasteiger partial charge in [-0.15, -0.1) is 0 Å². The smallest absolute Gasteiger partial charge is 0.307 e. The first-order valence-corrected chi connectivity index (χ1v) is 6.47. The molecule has 104 valence electrons. The van der Waals surface area contributed by atoms with Gasteiger partial charge in [-0.05, 0) is 18.9 Å². The number of aliphatic carboxylic acids is 1. The molecule has 2 atom stereocenters. The van der Waals surface area contributed by atoms with Gasteiger partial charge in [0, 0.05) is 12.0 Å². The third-order valence-corrected chi connectivity index (χ3v) is 3.65. The normalized spacial score (nSPS) is 22.1. The van der Waals surface area contributed by atoms with E-state index in [4.69, 9.17) is 4.74 Å². The molecule has 6 heteroatoms. The van der Waals surface area contributed by atoms with Gasteiger partial charge in [0.15, 0.2) is 5.65 Å². The number of carbonyl (C=O) groups is 1. The van der Waals surface area contributed by atoms with E-state index >= 15 is 0 Å². The molecule has 0 spiro atoms. The largest absolute Gasteiger partial charge is 0.481 e. The van der Waals surface area contributed by atoms with Crippen LogP contribution in [0.3, 0.4) is 0 Å². The molecule has 1 aliphatic rings. The van der Waals surface area contributed by atoms with Crippen LogP contribution in [0.5, 0.6) is 5.88 Å². The molecule has 0 aromatic carbocycles. The maximum Gasteiger partial charge on any atom is 0.307 e. The van der Waals surface area contributed by atoms with E-state index in [2.05, 4.69) is 15.0 Å². The Bertz CT molecular complexity index is 677. The standard InChI is InChI=1S/C14H15N3O3/c1-20-11-7-6-10-13(16-11)17-12(15-10)8-4-2-3-5-9(8)14(18)19/h2-3,6-9H,4-5H2,1H3,(H,18,19)(H,15,16,17)/t8-,9+/m1/s1. The van der Waals surface area contributed by atoms with Crippen molar-refractivity contribution in [3.63, 3.8) is 0 Å². The summed E-state index contributed by atoms with van der Waals surface area (Å²) in [5, 5.41) is 9.32. The molecule has 0 aliphatic heterocycles. The van der Waals surface area contributed by atoms with Crippen molar-refractivity contribution in [3.8, 4) is 5.88 Å². The minimum Gasteiger partial charge on any atom is -0.481 e. The van der Waals surface area contributed by atoms with Crippen molar-refractivity contribution >= 4 is 17.1 Å². The lowest BCUT2D eigenvalue weighted by Crippen LogP contribution is -2.24. The summed E-state index contributed by atoms with van der Waals surface area (Å²) in [4.78, 5) is 23.2. The molecule has 2 N–H and O–H groups in total. The monoisotopic (exact) mass is 273 g/mol. The number of allylic oxidation sites excluding steroid dienone is 2. The van der Waals surface area contributed by atoms with Crippen molar-refractivity contribution in [3.05, 3.63) is 30.1 Å². The Hall–Kier alpha value is -2.37. The van der Waals surface area contributed by atoms with Crippen LogP contribution in [0.2, 0.25) is 0 Å². The highest BCUT2D eigenvalue weighted by Gasteiger charge is 2.32. The number of imidazole rings is 1. The van der Waals surface area contributed by atoms with Gasteiger partial charge < -0.3 is 14.8 Å². The second-order valence-corrected chi connectivity index (χ2v) is 4.84. The lowest BCUT2D eigenvalue weighted by Gasteiger charge is -2.23. The van der Waals surface area contributed by atoms with Gasteiger partial charge in [-0.2, -0.15) is 4.98 Å². The highest BCUT2D eigenvalue weighted by atomic mass is 16.5. The van der Waals surface area contributed by atoms with Crippen molar-refractivity contribution < 1.29 is 14.6 Å². The van der Waals surface area contributed by atoms with E-state index < -0.39 is 11.9 Å². The van der Waals surface area contributed by atoms with Crippen LogP contribution < -0.4 is 4.74 Å². The van der Waals surface area contributed by atoms with Crippen LogP contribution in [0.25, 0.3) is 11.2 Å². The van der Waals surface area contributed by atoms with Crippen LogP contribution in [-0.2, 0) is 4.79 Å². The van der Waals surface area contributed by atoms with Crippen LogP contribution in [0.4, 0.5) is 0 Å². The van der Waals surface area contributed by atoms with Crippen molar-refractivity contribution in [2.45, 2.75) is 18.8 Å². The molecule has 0 bridgehead atoms. The maximum absolute atomic E-state index is 11.3. The number of H-pyrrole nitrogens is 1. The average molecular weight is 273 g/mol. The van der Waals surface area contributed by atoms with Crippen LogP contribution in [0, 0.1) is 5.92 Å². The first kappa shape index (κ1) is 12.7. The van der Waals surface area contributed by atoms with Crippen molar-refractivity contribution in [1.82, 2.24) is 15.0 Å². The van der Waals surface area contributed by atoms with Gasteiger partial charge in [-0.25, -0.2) is 4.98 Å². The molecule has 2 aromatic heterocycles. The lowest BCUT2D eigenvalue weighted by atomic mass is 9.82. The van der Waals surface area contributed by atoms with Gasteiger partial charge in [0.2, 0.25) is 5.88 Å². The summed E-state index contributed by atoms with van der Waals surface area (Å²) in [6.07, 6.45) is 5.13. The molecule has 0 saturated carbocycles. The molecule has 3 rings (SSSR count). The zero-order valence-electron chi connectivity index (χ0n) is 11.0. The van der Waals surface area contributed by atoms with E-state index in [-0.39, 0.29) is 5.92 Å². The number of methoxy groups -OCH3 is 1. The van der Waals surface area contributed by atoms with Crippen LogP contribution in [0.1, 0.15) is 24.6 Å². The number of ether oxygens (including phenoxy) is 1. The van der Waals surface area contributed by atoms with Gasteiger partial charge >= 0.3 is 5.97 Å². The Morgan fingerprint density at radius 1 is 1.35 bits per heavy atom. The number of pyridine rings is 1. The Labute approximate surface area is 115 Å². The predicted molar refractivity (Wildman–Crippen MR) is 72.7 cm³/mol. The Morgan fingerprint density at radius 3 is 2.90 bits per heavy atom. The number of nitrogens with one attached hydrogen (secondary N) is 1. The topological polar surface area (TPSA) is 88.1 Å². The van der Waals surface area contributed by atoms with E-state index in [0.29, 0.717) is 30.2 Å². The summed E-state index contributed by atoms with van der Waals surface area (Å²) < 4.78 is 5.07. The number of aromatic nitrogens is 3. The summed E-state index contributed by atoms with van der Waals surface area (Å²) in [5.74, 6) is -0.197. The average Bonchev–Trinajstić information content (AvgIpc) is 2.89. The van der Waals surface area contributed by atoms with Gasteiger partial charge in [-0.1, -0.05) is 12.2 Å². The van der Waals surface area contributed by atoms with E-state index in [1.807, 2.05) is 18.2 Å². The van der Waals surface area contributed by atoms with Gasteiger partial charge in [-0.3, -0.25) is 4.79 Å². The molecule has 0 unspecified atom stereocenters. The first-order chi connectivity index (χ1) is 9.69. The van der Waals surface area contributed by atoms with Gasteiger partial charge in [0.25, 0.3) is 0 Å². The summed E-state index contributed by atoms with van der Waals surface area (Å²) in [6.45, 7) is 0. The van der Waals surface area contributed by atoms with E-state index in [9.17, 15) is 9.90 Å². The summed E-state index contributed by atoms with van der Waals surface area (Å²) in [7, 11) is 1.55. The zero-order chi connectivity index (χ0) is 14.1. The molecule has 0 fully saturated rings. The molecule has 6 nitrogen and oxygen atoms in total. The number of hydrogen-bond donors (Lipinski definition) is 2. The highest BCUT2D eigenvalue weighted by molar-refractivity contribution is 5.74. The van der Waals surface area contributed by atoms with E-state index in [0.717, 1.165) is 5.52 Å². The number of rotatable bonds is 3. The number of nitrogens with zero attached hydrogens (tertiary/aromatic N) is 2. The first-order valence-electron chi connectivity index (χ1n) is 6.47. The quantitative estimate of drug-likeness (QED) is 0.836. The van der Waals surface area contributed by atoms with Gasteiger partial charge in [0.05, 0.1) is 18.5 Å². The molecule has 2 heterocycles. The fraction of sp³-hybridized carbons (Fsp3) is 0.357. The summed E-state index contributed by atoms with van der Waals surface area (Å²) in [6, 6.07) is 3.59. The molecular weight excluding hydrogens is 258 g/mol. The lowest BCUT2D eigenvalue weighted by molar-refractivity contribution is -0.142. The summed E-state index contributed by atoms with van der Waals surface area (Å²) in [5.41, 5.74) is 1.34. The van der Waals surface area contributed by atoms with Crippen LogP contribution >= 0.6 is 0 Å². The second-order valence-electron chi connectivity index (χ2n) is 4.84. The number of aromatic amines is 1. The minimum atomic E-state index is -0.787. The Kier molecular flexibility index (Phi) is 3.14. The number of carboxylic acid groups (broad SMARTS) is 1. The third kappa shape index (κ3) is 2.13. The third-order valence-electron chi connectivity index (χ3n) is 3.65. The molecule has 0 saturated heterocycles. The van der Waals surface area contributed by atoms with Crippen LogP contribution in [0.15, 0.2) is 24.3 Å². The molecule has 1 aliphatic carbocycles. The molecule has 0 radical (unpaired) electrons. The van der Waals surface area contributed by atoms with Crippen molar-refractivity contribution in [2.75, 3.05) is 7.11 Å². The Morgan fingerprint density at radius 2 is 2.15 bits per heavy atom. The fourth-order valence-electron chi connectivity index (χ4n) is 2.57. The second kappa shape index (κ2) is 4.96. The SMILES string of the molecule is COc1ccc2[nH]c([C@@H]3CC=CC[C@@H]3C(=O)O)nc2n1. The molecule has 20 heavy (non-hydrogen) atoms. The number of fused-ring (bicyclic) bond motifs is 1. The summed E-state index contributed by atoms with van der Waals surface area (Å²) >= 11 is 0. The molecular formula is C14H15N3O3. The van der Waals surface area contributed by atoms with E-state index in [1.54, 1.807) is 13.2 Å². The maximum atomic E-state index is 11.3. The van der Waals surface area contributed by atoms with Crippen molar-refractivity contribution in [1.29, 1.82) is 0 Å². The van der Waals surface area contributed by atoms with Crippen molar-refractivity contribution in [2.24, 2.45) is 5.92 Å². The zero-order valence-corrected chi connectivity index (χ0v) is 11.0. The Balaban J connectivity index is 2.00. The fourth-order valence-corrected chi connectivity index (χ4v) is 2.57. The van der Waals surface area contributed by atoms with E-state index in [1.165, 1.54) is 0 Å². The van der Waals surface area contributed by atoms with Crippen LogP contribution in [-0.4, -0.2) is 33.1 Å². The predicted octanol–water partition coefficient (Wildman–Crippen LogP) is 2.10. The number of hydrogen-bond acceptors (Lipinski definition) is 4. The van der Waals surface area contributed by atoms with Gasteiger partial charge in [0.1, 0.15) is 5.82 Å². The molecule has 2 aromatic rings. The minimum absolute atomic E-state index is 0.141. The highest BCUT2D eigenvalue weighted by Crippen LogP contribution is 2.34. The molecule has 0 amide bonds.